The van der Waals surface area contributed by atoms with E-state index in [1.807, 2.05) is 0 Å². The molecule has 114 valence electrons. The molecule has 0 N–H and O–H groups in total. The van der Waals surface area contributed by atoms with E-state index in [1.165, 1.54) is 24.3 Å². The van der Waals surface area contributed by atoms with Gasteiger partial charge in [0.15, 0.2) is 5.78 Å². The summed E-state index contributed by atoms with van der Waals surface area (Å²) in [7, 11) is 0. The minimum Gasteiger partial charge on any atom is -0.293 e. The first-order valence-corrected chi connectivity index (χ1v) is 6.98. The zero-order chi connectivity index (χ0) is 16.4. The number of benzene rings is 2. The van der Waals surface area contributed by atoms with Crippen LogP contribution in [0, 0.1) is 5.82 Å². The number of rotatable bonds is 4. The Bertz CT molecular complexity index is 807. The van der Waals surface area contributed by atoms with Crippen LogP contribution in [0.3, 0.4) is 0 Å². The molecular weight excluding hydrogens is 297 g/mol. The van der Waals surface area contributed by atoms with Crippen molar-refractivity contribution in [3.05, 3.63) is 77.1 Å². The normalized spacial score (nSPS) is 13.7. The SMILES string of the molecule is O=C(/C=C/c1ccccc1F)CN1C(=O)c2ccccc2C1=O. The van der Waals surface area contributed by atoms with Crippen LogP contribution in [0.5, 0.6) is 0 Å². The maximum Gasteiger partial charge on any atom is 0.261 e. The van der Waals surface area contributed by atoms with Crippen molar-refractivity contribution in [2.75, 3.05) is 6.54 Å². The van der Waals surface area contributed by atoms with Gasteiger partial charge in [-0.2, -0.15) is 0 Å². The Hall–Kier alpha value is -3.08. The number of imide groups is 1. The Morgan fingerprint density at radius 3 is 2.13 bits per heavy atom. The summed E-state index contributed by atoms with van der Waals surface area (Å²) >= 11 is 0. The molecule has 0 bridgehead atoms. The Balaban J connectivity index is 1.74. The maximum absolute atomic E-state index is 13.5. The minimum atomic E-state index is -0.488. The lowest BCUT2D eigenvalue weighted by Crippen LogP contribution is -2.34. The highest BCUT2D eigenvalue weighted by Gasteiger charge is 2.35. The summed E-state index contributed by atoms with van der Waals surface area (Å²) in [5.41, 5.74) is 0.856. The van der Waals surface area contributed by atoms with Crippen molar-refractivity contribution in [1.82, 2.24) is 4.90 Å². The van der Waals surface area contributed by atoms with E-state index in [4.69, 9.17) is 0 Å². The fourth-order valence-electron chi connectivity index (χ4n) is 2.38. The predicted molar refractivity (Wildman–Crippen MR) is 82.3 cm³/mol. The van der Waals surface area contributed by atoms with Crippen molar-refractivity contribution in [3.8, 4) is 0 Å². The third-order valence-electron chi connectivity index (χ3n) is 3.55. The summed E-state index contributed by atoms with van der Waals surface area (Å²) in [5.74, 6) is -1.88. The molecule has 5 heteroatoms. The van der Waals surface area contributed by atoms with Crippen LogP contribution >= 0.6 is 0 Å². The van der Waals surface area contributed by atoms with Crippen molar-refractivity contribution in [1.29, 1.82) is 0 Å². The van der Waals surface area contributed by atoms with Gasteiger partial charge in [0, 0.05) is 5.56 Å². The lowest BCUT2D eigenvalue weighted by molar-refractivity contribution is -0.114. The lowest BCUT2D eigenvalue weighted by Gasteiger charge is -2.11. The first kappa shape index (κ1) is 14.8. The van der Waals surface area contributed by atoms with Crippen molar-refractivity contribution >= 4 is 23.7 Å². The number of hydrogen-bond donors (Lipinski definition) is 0. The Kier molecular flexibility index (Phi) is 3.85. The number of hydrogen-bond acceptors (Lipinski definition) is 3. The molecule has 3 rings (SSSR count). The molecule has 0 radical (unpaired) electrons. The molecule has 4 nitrogen and oxygen atoms in total. The van der Waals surface area contributed by atoms with E-state index in [-0.39, 0.29) is 12.1 Å². The summed E-state index contributed by atoms with van der Waals surface area (Å²) in [6.45, 7) is -0.364. The lowest BCUT2D eigenvalue weighted by atomic mass is 10.1. The zero-order valence-electron chi connectivity index (χ0n) is 12.0. The van der Waals surface area contributed by atoms with Gasteiger partial charge in [-0.25, -0.2) is 4.39 Å². The molecule has 0 atom stereocenters. The van der Waals surface area contributed by atoms with Crippen molar-refractivity contribution in [2.24, 2.45) is 0 Å². The van der Waals surface area contributed by atoms with Crippen LogP contribution < -0.4 is 0 Å². The van der Waals surface area contributed by atoms with Gasteiger partial charge in [-0.1, -0.05) is 30.3 Å². The van der Waals surface area contributed by atoms with Crippen LogP contribution in [-0.4, -0.2) is 29.0 Å². The van der Waals surface area contributed by atoms with Crippen molar-refractivity contribution in [2.45, 2.75) is 0 Å². The van der Waals surface area contributed by atoms with Crippen molar-refractivity contribution < 1.29 is 18.8 Å². The summed E-state index contributed by atoms with van der Waals surface area (Å²) in [4.78, 5) is 37.2. The fourth-order valence-corrected chi connectivity index (χ4v) is 2.38. The average molecular weight is 309 g/mol. The molecule has 0 spiro atoms. The predicted octanol–water partition coefficient (Wildman–Crippen LogP) is 2.70. The molecule has 0 fully saturated rings. The summed E-state index contributed by atoms with van der Waals surface area (Å²) in [5, 5.41) is 0. The maximum atomic E-state index is 13.5. The number of nitrogens with zero attached hydrogens (tertiary/aromatic N) is 1. The Morgan fingerprint density at radius 2 is 1.52 bits per heavy atom. The third-order valence-corrected chi connectivity index (χ3v) is 3.55. The Morgan fingerprint density at radius 1 is 0.957 bits per heavy atom. The molecule has 0 aliphatic carbocycles. The van der Waals surface area contributed by atoms with Gasteiger partial charge in [0.25, 0.3) is 11.8 Å². The monoisotopic (exact) mass is 309 g/mol. The number of carbonyl (C=O) groups is 3. The van der Waals surface area contributed by atoms with Crippen molar-refractivity contribution in [3.63, 3.8) is 0 Å². The van der Waals surface area contributed by atoms with Crippen LogP contribution in [0.15, 0.2) is 54.6 Å². The summed E-state index contributed by atoms with van der Waals surface area (Å²) in [6.07, 6.45) is 2.50. The second kappa shape index (κ2) is 5.96. The molecular formula is C18H12FNO3. The van der Waals surface area contributed by atoms with Crippen LogP contribution in [0.1, 0.15) is 26.3 Å². The number of carbonyl (C=O) groups excluding carboxylic acids is 3. The standard InChI is InChI=1S/C18H12FNO3/c19-16-8-4-1-5-12(16)9-10-13(21)11-20-17(22)14-6-2-3-7-15(14)18(20)23/h1-10H,11H2/b10-9+. The molecule has 1 aliphatic rings. The van der Waals surface area contributed by atoms with Crippen LogP contribution in [0.4, 0.5) is 4.39 Å². The number of ketones is 1. The van der Waals surface area contributed by atoms with Gasteiger partial charge in [-0.3, -0.25) is 19.3 Å². The van der Waals surface area contributed by atoms with Gasteiger partial charge in [0.2, 0.25) is 0 Å². The molecule has 23 heavy (non-hydrogen) atoms. The molecule has 2 aromatic carbocycles. The van der Waals surface area contributed by atoms with Gasteiger partial charge < -0.3 is 0 Å². The zero-order valence-corrected chi connectivity index (χ0v) is 12.0. The van der Waals surface area contributed by atoms with Gasteiger partial charge in [-0.15, -0.1) is 0 Å². The first-order chi connectivity index (χ1) is 11.1. The molecule has 1 aliphatic heterocycles. The summed E-state index contributed by atoms with van der Waals surface area (Å²) < 4.78 is 13.5. The van der Waals surface area contributed by atoms with Crippen LogP contribution in [-0.2, 0) is 4.79 Å². The summed E-state index contributed by atoms with van der Waals surface area (Å²) in [6, 6.07) is 12.4. The van der Waals surface area contributed by atoms with Crippen LogP contribution in [0.2, 0.25) is 0 Å². The van der Waals surface area contributed by atoms with Gasteiger partial charge in [0.1, 0.15) is 5.82 Å². The molecule has 0 aromatic heterocycles. The quantitative estimate of drug-likeness (QED) is 0.644. The highest BCUT2D eigenvalue weighted by Crippen LogP contribution is 2.22. The van der Waals surface area contributed by atoms with E-state index in [1.54, 1.807) is 36.4 Å². The van der Waals surface area contributed by atoms with Gasteiger partial charge >= 0.3 is 0 Å². The van der Waals surface area contributed by atoms with Crippen LogP contribution in [0.25, 0.3) is 6.08 Å². The van der Waals surface area contributed by atoms with E-state index in [9.17, 15) is 18.8 Å². The minimum absolute atomic E-state index is 0.267. The topological polar surface area (TPSA) is 54.5 Å². The first-order valence-electron chi connectivity index (χ1n) is 6.98. The second-order valence-corrected chi connectivity index (χ2v) is 5.06. The second-order valence-electron chi connectivity index (χ2n) is 5.06. The molecule has 0 saturated carbocycles. The third kappa shape index (κ3) is 2.81. The molecule has 1 heterocycles. The fraction of sp³-hybridized carbons (Fsp3) is 0.0556. The molecule has 0 unspecified atom stereocenters. The molecule has 2 aromatic rings. The highest BCUT2D eigenvalue weighted by atomic mass is 19.1. The van der Waals surface area contributed by atoms with Gasteiger partial charge in [0.05, 0.1) is 17.7 Å². The average Bonchev–Trinajstić information content (AvgIpc) is 2.80. The van der Waals surface area contributed by atoms with E-state index in [2.05, 4.69) is 0 Å². The van der Waals surface area contributed by atoms with Gasteiger partial charge in [-0.05, 0) is 30.4 Å². The highest BCUT2D eigenvalue weighted by molar-refractivity contribution is 6.22. The Labute approximate surface area is 131 Å². The number of fused-ring (bicyclic) bond motifs is 1. The molecule has 0 saturated heterocycles. The smallest absolute Gasteiger partial charge is 0.261 e. The number of amides is 2. The van der Waals surface area contributed by atoms with E-state index >= 15 is 0 Å². The van der Waals surface area contributed by atoms with E-state index < -0.39 is 23.4 Å². The number of halogens is 1. The van der Waals surface area contributed by atoms with E-state index in [0.29, 0.717) is 11.1 Å². The van der Waals surface area contributed by atoms with E-state index in [0.717, 1.165) is 4.90 Å². The molecule has 2 amide bonds. The largest absolute Gasteiger partial charge is 0.293 e.